The van der Waals surface area contributed by atoms with Gasteiger partial charge in [-0.05, 0) is 48.2 Å². The summed E-state index contributed by atoms with van der Waals surface area (Å²) in [4.78, 5) is 33.5. The molecule has 0 radical (unpaired) electrons. The number of aromatic nitrogens is 2. The maximum atomic E-state index is 12.8. The van der Waals surface area contributed by atoms with Gasteiger partial charge in [0.2, 0.25) is 5.91 Å². The lowest BCUT2D eigenvalue weighted by atomic mass is 9.87. The van der Waals surface area contributed by atoms with Crippen molar-refractivity contribution in [1.29, 1.82) is 0 Å². The Bertz CT molecular complexity index is 1180. The van der Waals surface area contributed by atoms with Gasteiger partial charge in [-0.3, -0.25) is 14.5 Å². The van der Waals surface area contributed by atoms with Crippen LogP contribution in [-0.2, 0) is 23.3 Å². The molecule has 0 unspecified atom stereocenters. The molecule has 180 valence electrons. The fourth-order valence-corrected chi connectivity index (χ4v) is 4.48. The van der Waals surface area contributed by atoms with E-state index in [-0.39, 0.29) is 17.2 Å². The van der Waals surface area contributed by atoms with Crippen LogP contribution in [0, 0.1) is 0 Å². The summed E-state index contributed by atoms with van der Waals surface area (Å²) >= 11 is 0. The number of carbonyl (C=O) groups excluding carboxylic acids is 2. The molecular formula is C27H35N5O2. The van der Waals surface area contributed by atoms with Gasteiger partial charge in [0.1, 0.15) is 5.82 Å². The number of nitrogens with one attached hydrogen (secondary N) is 1. The lowest BCUT2D eigenvalue weighted by molar-refractivity contribution is -0.130. The number of amides is 2. The van der Waals surface area contributed by atoms with Gasteiger partial charge in [-0.15, -0.1) is 0 Å². The topological polar surface area (TPSA) is 70.5 Å². The third-order valence-corrected chi connectivity index (χ3v) is 6.60. The number of carbonyl (C=O) groups is 2. The molecule has 0 spiro atoms. The van der Waals surface area contributed by atoms with E-state index in [0.717, 1.165) is 61.8 Å². The molecule has 1 aliphatic heterocycles. The first-order chi connectivity index (χ1) is 16.2. The molecule has 2 aromatic carbocycles. The zero-order valence-electron chi connectivity index (χ0n) is 20.9. The van der Waals surface area contributed by atoms with Gasteiger partial charge >= 0.3 is 0 Å². The van der Waals surface area contributed by atoms with E-state index in [1.165, 1.54) is 5.56 Å². The van der Waals surface area contributed by atoms with E-state index in [0.29, 0.717) is 5.56 Å². The molecule has 1 aromatic heterocycles. The molecule has 2 heterocycles. The Kier molecular flexibility index (Phi) is 6.75. The van der Waals surface area contributed by atoms with Gasteiger partial charge in [0.25, 0.3) is 5.91 Å². The molecule has 34 heavy (non-hydrogen) atoms. The summed E-state index contributed by atoms with van der Waals surface area (Å²) in [7, 11) is 0. The minimum atomic E-state index is -0.127. The van der Waals surface area contributed by atoms with E-state index in [2.05, 4.69) is 42.5 Å². The third kappa shape index (κ3) is 5.14. The van der Waals surface area contributed by atoms with Crippen LogP contribution in [0.3, 0.4) is 0 Å². The van der Waals surface area contributed by atoms with Gasteiger partial charge in [0.15, 0.2) is 0 Å². The highest BCUT2D eigenvalue weighted by Gasteiger charge is 2.21. The normalized spacial score (nSPS) is 15.0. The Balaban J connectivity index is 1.48. The molecule has 2 amide bonds. The second kappa shape index (κ2) is 9.58. The Morgan fingerprint density at radius 3 is 2.26 bits per heavy atom. The van der Waals surface area contributed by atoms with Crippen molar-refractivity contribution in [3.63, 3.8) is 0 Å². The summed E-state index contributed by atoms with van der Waals surface area (Å²) in [5, 5.41) is 3.02. The van der Waals surface area contributed by atoms with Gasteiger partial charge in [0.05, 0.1) is 17.6 Å². The molecule has 4 rings (SSSR count). The Hall–Kier alpha value is -3.19. The van der Waals surface area contributed by atoms with Crippen molar-refractivity contribution in [3.05, 3.63) is 59.4 Å². The van der Waals surface area contributed by atoms with Crippen molar-refractivity contribution in [1.82, 2.24) is 19.4 Å². The number of nitrogens with zero attached hydrogens (tertiary/aromatic N) is 4. The fourth-order valence-electron chi connectivity index (χ4n) is 4.48. The van der Waals surface area contributed by atoms with Crippen molar-refractivity contribution in [2.45, 2.75) is 53.1 Å². The van der Waals surface area contributed by atoms with Crippen molar-refractivity contribution in [2.75, 3.05) is 31.5 Å². The Morgan fingerprint density at radius 1 is 1.00 bits per heavy atom. The van der Waals surface area contributed by atoms with Crippen LogP contribution in [0.5, 0.6) is 0 Å². The summed E-state index contributed by atoms with van der Waals surface area (Å²) < 4.78 is 2.23. The first-order valence-electron chi connectivity index (χ1n) is 12.0. The molecule has 0 aliphatic carbocycles. The van der Waals surface area contributed by atoms with Crippen LogP contribution < -0.4 is 5.32 Å². The van der Waals surface area contributed by atoms with E-state index in [9.17, 15) is 9.59 Å². The van der Waals surface area contributed by atoms with Gasteiger partial charge < -0.3 is 14.8 Å². The third-order valence-electron chi connectivity index (χ3n) is 6.60. The van der Waals surface area contributed by atoms with Crippen LogP contribution in [0.1, 0.15) is 56.4 Å². The minimum Gasteiger partial charge on any atom is -0.340 e. The molecular weight excluding hydrogens is 426 g/mol. The van der Waals surface area contributed by atoms with Gasteiger partial charge in [0, 0.05) is 50.9 Å². The number of piperazine rings is 1. The van der Waals surface area contributed by atoms with E-state index >= 15 is 0 Å². The molecule has 1 saturated heterocycles. The first kappa shape index (κ1) is 24.0. The van der Waals surface area contributed by atoms with E-state index < -0.39 is 0 Å². The maximum Gasteiger partial charge on any atom is 0.255 e. The second-order valence-corrected chi connectivity index (χ2v) is 10.0. The number of benzene rings is 2. The number of fused-ring (bicyclic) bond motifs is 1. The summed E-state index contributed by atoms with van der Waals surface area (Å²) in [5.74, 6) is 1.02. The van der Waals surface area contributed by atoms with E-state index in [4.69, 9.17) is 4.98 Å². The van der Waals surface area contributed by atoms with Gasteiger partial charge in [-0.2, -0.15) is 0 Å². The van der Waals surface area contributed by atoms with Crippen LogP contribution in [0.25, 0.3) is 11.0 Å². The maximum absolute atomic E-state index is 12.8. The Labute approximate surface area is 201 Å². The second-order valence-electron chi connectivity index (χ2n) is 10.0. The van der Waals surface area contributed by atoms with Crippen LogP contribution >= 0.6 is 0 Å². The Morgan fingerprint density at radius 2 is 1.68 bits per heavy atom. The number of aryl methyl sites for hydroxylation is 1. The van der Waals surface area contributed by atoms with Crippen molar-refractivity contribution in [3.8, 4) is 0 Å². The highest BCUT2D eigenvalue weighted by molar-refractivity contribution is 6.05. The van der Waals surface area contributed by atoms with Crippen LogP contribution in [0.2, 0.25) is 0 Å². The largest absolute Gasteiger partial charge is 0.340 e. The zero-order chi connectivity index (χ0) is 24.5. The minimum absolute atomic E-state index is 0.0524. The highest BCUT2D eigenvalue weighted by atomic mass is 16.2. The first-order valence-corrected chi connectivity index (χ1v) is 12.0. The average Bonchev–Trinajstić information content (AvgIpc) is 3.15. The molecule has 0 bridgehead atoms. The van der Waals surface area contributed by atoms with Crippen molar-refractivity contribution >= 4 is 28.5 Å². The van der Waals surface area contributed by atoms with Gasteiger partial charge in [-0.25, -0.2) is 4.98 Å². The molecule has 7 nitrogen and oxygen atoms in total. The van der Waals surface area contributed by atoms with E-state index in [1.807, 2.05) is 47.4 Å². The number of imidazole rings is 1. The molecule has 1 N–H and O–H groups in total. The number of hydrogen-bond acceptors (Lipinski definition) is 4. The number of hydrogen-bond donors (Lipinski definition) is 1. The monoisotopic (exact) mass is 461 g/mol. The molecule has 1 aliphatic rings. The quantitative estimate of drug-likeness (QED) is 0.616. The summed E-state index contributed by atoms with van der Waals surface area (Å²) in [6, 6.07) is 13.7. The average molecular weight is 462 g/mol. The standard InChI is InChI=1S/C27H35N5O2/c1-6-32-24-12-11-22(28-26(34)20-7-9-21(10-8-20)27(3,4)5)17-23(24)29-25(32)18-30-13-15-31(16-14-30)19(2)33/h7-12,17H,6,13-16,18H2,1-5H3,(H,28,34). The highest BCUT2D eigenvalue weighted by Crippen LogP contribution is 2.24. The molecule has 0 atom stereocenters. The molecule has 0 saturated carbocycles. The zero-order valence-corrected chi connectivity index (χ0v) is 20.9. The molecule has 3 aromatic rings. The predicted molar refractivity (Wildman–Crippen MR) is 136 cm³/mol. The smallest absolute Gasteiger partial charge is 0.255 e. The van der Waals surface area contributed by atoms with Crippen molar-refractivity contribution in [2.24, 2.45) is 0 Å². The van der Waals surface area contributed by atoms with Crippen LogP contribution in [0.15, 0.2) is 42.5 Å². The van der Waals surface area contributed by atoms with E-state index in [1.54, 1.807) is 6.92 Å². The van der Waals surface area contributed by atoms with Crippen LogP contribution in [-0.4, -0.2) is 57.3 Å². The van der Waals surface area contributed by atoms with Crippen molar-refractivity contribution < 1.29 is 9.59 Å². The SMILES string of the molecule is CCn1c(CN2CCN(C(C)=O)CC2)nc2cc(NC(=O)c3ccc(C(C)(C)C)cc3)ccc21. The fraction of sp³-hybridized carbons (Fsp3) is 0.444. The summed E-state index contributed by atoms with van der Waals surface area (Å²) in [6.45, 7) is 15.0. The van der Waals surface area contributed by atoms with Gasteiger partial charge in [-0.1, -0.05) is 32.9 Å². The lowest BCUT2D eigenvalue weighted by Crippen LogP contribution is -2.47. The number of rotatable bonds is 5. The lowest BCUT2D eigenvalue weighted by Gasteiger charge is -2.33. The predicted octanol–water partition coefficient (Wildman–Crippen LogP) is 4.27. The summed E-state index contributed by atoms with van der Waals surface area (Å²) in [6.07, 6.45) is 0. The summed E-state index contributed by atoms with van der Waals surface area (Å²) in [5.41, 5.74) is 4.56. The van der Waals surface area contributed by atoms with Crippen LogP contribution in [0.4, 0.5) is 5.69 Å². The number of anilines is 1. The molecule has 7 heteroatoms. The molecule has 1 fully saturated rings.